The fourth-order valence-corrected chi connectivity index (χ4v) is 3.47. The summed E-state index contributed by atoms with van der Waals surface area (Å²) < 4.78 is 1.71. The van der Waals surface area contributed by atoms with Gasteiger partial charge in [0.25, 0.3) is 5.56 Å². The first-order valence-electron chi connectivity index (χ1n) is 8.69. The van der Waals surface area contributed by atoms with Crippen molar-refractivity contribution in [3.05, 3.63) is 70.8 Å². The molecule has 0 atom stereocenters. The first-order chi connectivity index (χ1) is 12.2. The normalized spacial score (nSPS) is 14.5. The third-order valence-corrected chi connectivity index (χ3v) is 4.91. The largest absolute Gasteiger partial charge is 0.369 e. The molecule has 1 aliphatic rings. The number of nitrogens with zero attached hydrogens (tertiary/aromatic N) is 4. The SMILES string of the molecule is Cc1ccccc1N1CCN(Cn2cnc3ccccc3c2=O)CC1.Cl.Cl. The Morgan fingerprint density at radius 3 is 2.33 bits per heavy atom. The van der Waals surface area contributed by atoms with Crippen LogP contribution in [-0.4, -0.2) is 40.6 Å². The molecule has 144 valence electrons. The molecule has 27 heavy (non-hydrogen) atoms. The van der Waals surface area contributed by atoms with Gasteiger partial charge in [-0.25, -0.2) is 4.98 Å². The minimum absolute atomic E-state index is 0. The van der Waals surface area contributed by atoms with Crippen molar-refractivity contribution in [3.8, 4) is 0 Å². The highest BCUT2D eigenvalue weighted by molar-refractivity contribution is 5.85. The van der Waals surface area contributed by atoms with Gasteiger partial charge in [0.05, 0.1) is 23.9 Å². The van der Waals surface area contributed by atoms with E-state index in [9.17, 15) is 4.79 Å². The fourth-order valence-electron chi connectivity index (χ4n) is 3.47. The average Bonchev–Trinajstić information content (AvgIpc) is 2.65. The minimum atomic E-state index is 0. The molecule has 1 saturated heterocycles. The number of aromatic nitrogens is 2. The van der Waals surface area contributed by atoms with Gasteiger partial charge in [-0.2, -0.15) is 0 Å². The number of para-hydroxylation sites is 2. The molecule has 0 spiro atoms. The van der Waals surface area contributed by atoms with Gasteiger partial charge in [0.1, 0.15) is 0 Å². The van der Waals surface area contributed by atoms with Crippen LogP contribution in [0.5, 0.6) is 0 Å². The van der Waals surface area contributed by atoms with E-state index < -0.39 is 0 Å². The Balaban J connectivity index is 0.00000131. The third kappa shape index (κ3) is 4.43. The summed E-state index contributed by atoms with van der Waals surface area (Å²) in [4.78, 5) is 21.8. The molecule has 5 nitrogen and oxygen atoms in total. The first-order valence-corrected chi connectivity index (χ1v) is 8.69. The molecule has 2 aromatic carbocycles. The zero-order valence-electron chi connectivity index (χ0n) is 15.2. The van der Waals surface area contributed by atoms with E-state index in [1.54, 1.807) is 10.9 Å². The molecule has 0 aliphatic carbocycles. The Morgan fingerprint density at radius 1 is 0.926 bits per heavy atom. The van der Waals surface area contributed by atoms with Crippen molar-refractivity contribution in [2.45, 2.75) is 13.6 Å². The summed E-state index contributed by atoms with van der Waals surface area (Å²) >= 11 is 0. The molecule has 4 rings (SSSR count). The van der Waals surface area contributed by atoms with E-state index in [2.05, 4.69) is 46.0 Å². The van der Waals surface area contributed by atoms with Crippen molar-refractivity contribution in [1.29, 1.82) is 0 Å². The van der Waals surface area contributed by atoms with Crippen molar-refractivity contribution in [2.75, 3.05) is 31.1 Å². The van der Waals surface area contributed by atoms with Crippen molar-refractivity contribution >= 4 is 41.4 Å². The number of rotatable bonds is 3. The van der Waals surface area contributed by atoms with Gasteiger partial charge in [-0.15, -0.1) is 24.8 Å². The number of benzene rings is 2. The van der Waals surface area contributed by atoms with E-state index in [1.165, 1.54) is 11.3 Å². The maximum atomic E-state index is 12.6. The standard InChI is InChI=1S/C20H22N4O.2ClH/c1-16-6-2-5-9-19(16)23-12-10-22(11-13-23)15-24-14-21-18-8-4-3-7-17(18)20(24)25;;/h2-9,14H,10-13,15H2,1H3;2*1H. The van der Waals surface area contributed by atoms with Gasteiger partial charge < -0.3 is 4.90 Å². The van der Waals surface area contributed by atoms with Crippen LogP contribution in [0.2, 0.25) is 0 Å². The molecule has 0 amide bonds. The molecule has 2 heterocycles. The predicted octanol–water partition coefficient (Wildman–Crippen LogP) is 3.33. The summed E-state index contributed by atoms with van der Waals surface area (Å²) in [5.41, 5.74) is 3.41. The van der Waals surface area contributed by atoms with Crippen LogP contribution in [0.4, 0.5) is 5.69 Å². The van der Waals surface area contributed by atoms with Crippen molar-refractivity contribution in [1.82, 2.24) is 14.5 Å². The summed E-state index contributed by atoms with van der Waals surface area (Å²) in [5, 5.41) is 0.684. The van der Waals surface area contributed by atoms with Crippen LogP contribution >= 0.6 is 24.8 Å². The Kier molecular flexibility index (Phi) is 7.25. The fraction of sp³-hybridized carbons (Fsp3) is 0.300. The van der Waals surface area contributed by atoms with E-state index in [0.29, 0.717) is 12.1 Å². The molecule has 0 radical (unpaired) electrons. The summed E-state index contributed by atoms with van der Waals surface area (Å²) in [5.74, 6) is 0. The summed E-state index contributed by atoms with van der Waals surface area (Å²) in [6.07, 6.45) is 1.67. The highest BCUT2D eigenvalue weighted by atomic mass is 35.5. The zero-order chi connectivity index (χ0) is 17.2. The number of fused-ring (bicyclic) bond motifs is 1. The number of hydrogen-bond acceptors (Lipinski definition) is 4. The second-order valence-corrected chi connectivity index (χ2v) is 6.57. The maximum absolute atomic E-state index is 12.6. The second kappa shape index (κ2) is 9.22. The third-order valence-electron chi connectivity index (χ3n) is 4.91. The van der Waals surface area contributed by atoms with Gasteiger partial charge >= 0.3 is 0 Å². The molecule has 3 aromatic rings. The van der Waals surface area contributed by atoms with E-state index in [4.69, 9.17) is 0 Å². The Bertz CT molecular complexity index is 952. The van der Waals surface area contributed by atoms with E-state index >= 15 is 0 Å². The van der Waals surface area contributed by atoms with Crippen LogP contribution in [0.1, 0.15) is 5.56 Å². The molecule has 0 saturated carbocycles. The smallest absolute Gasteiger partial charge is 0.262 e. The summed E-state index contributed by atoms with van der Waals surface area (Å²) in [7, 11) is 0. The molecular weight excluding hydrogens is 383 g/mol. The van der Waals surface area contributed by atoms with Gasteiger partial charge in [0, 0.05) is 31.9 Å². The molecule has 1 aromatic heterocycles. The lowest BCUT2D eigenvalue weighted by Crippen LogP contribution is -2.48. The van der Waals surface area contributed by atoms with Crippen LogP contribution < -0.4 is 10.5 Å². The van der Waals surface area contributed by atoms with Crippen LogP contribution in [0.3, 0.4) is 0 Å². The lowest BCUT2D eigenvalue weighted by Gasteiger charge is -2.36. The van der Waals surface area contributed by atoms with Gasteiger partial charge in [0.2, 0.25) is 0 Å². The predicted molar refractivity (Wildman–Crippen MR) is 115 cm³/mol. The Labute approximate surface area is 171 Å². The van der Waals surface area contributed by atoms with Gasteiger partial charge in [0.15, 0.2) is 0 Å². The molecular formula is C20H24Cl2N4O. The Hall–Kier alpha value is -2.08. The molecule has 0 unspecified atom stereocenters. The quantitative estimate of drug-likeness (QED) is 0.668. The number of piperazine rings is 1. The van der Waals surface area contributed by atoms with Crippen LogP contribution in [0.15, 0.2) is 59.7 Å². The first kappa shape index (κ1) is 21.2. The molecule has 1 aliphatic heterocycles. The van der Waals surface area contributed by atoms with Crippen LogP contribution in [-0.2, 0) is 6.67 Å². The number of aryl methyl sites for hydroxylation is 1. The summed E-state index contributed by atoms with van der Waals surface area (Å²) in [6, 6.07) is 16.0. The van der Waals surface area contributed by atoms with Crippen molar-refractivity contribution in [3.63, 3.8) is 0 Å². The van der Waals surface area contributed by atoms with Crippen LogP contribution in [0, 0.1) is 6.92 Å². The van der Waals surface area contributed by atoms with Crippen molar-refractivity contribution in [2.24, 2.45) is 0 Å². The van der Waals surface area contributed by atoms with Gasteiger partial charge in [-0.05, 0) is 30.7 Å². The topological polar surface area (TPSA) is 41.4 Å². The van der Waals surface area contributed by atoms with E-state index in [-0.39, 0.29) is 30.4 Å². The Morgan fingerprint density at radius 2 is 1.59 bits per heavy atom. The van der Waals surface area contributed by atoms with Gasteiger partial charge in [-0.1, -0.05) is 30.3 Å². The second-order valence-electron chi connectivity index (χ2n) is 6.57. The molecule has 1 fully saturated rings. The highest BCUT2D eigenvalue weighted by Gasteiger charge is 2.18. The summed E-state index contributed by atoms with van der Waals surface area (Å²) in [6.45, 7) is 6.57. The monoisotopic (exact) mass is 406 g/mol. The highest BCUT2D eigenvalue weighted by Crippen LogP contribution is 2.20. The van der Waals surface area contributed by atoms with E-state index in [1.807, 2.05) is 24.3 Å². The van der Waals surface area contributed by atoms with Gasteiger partial charge in [-0.3, -0.25) is 14.3 Å². The lowest BCUT2D eigenvalue weighted by molar-refractivity contribution is 0.202. The minimum Gasteiger partial charge on any atom is -0.369 e. The molecule has 0 bridgehead atoms. The van der Waals surface area contributed by atoms with Crippen LogP contribution in [0.25, 0.3) is 10.9 Å². The van der Waals surface area contributed by atoms with Crippen molar-refractivity contribution < 1.29 is 0 Å². The zero-order valence-corrected chi connectivity index (χ0v) is 16.9. The number of hydrogen-bond donors (Lipinski definition) is 0. The molecule has 7 heteroatoms. The maximum Gasteiger partial charge on any atom is 0.262 e. The molecule has 0 N–H and O–H groups in total. The average molecular weight is 407 g/mol. The number of halogens is 2. The van der Waals surface area contributed by atoms with E-state index in [0.717, 1.165) is 31.7 Å². The number of anilines is 1. The lowest BCUT2D eigenvalue weighted by atomic mass is 10.1.